The van der Waals surface area contributed by atoms with Gasteiger partial charge in [0.1, 0.15) is 11.6 Å². The Balaban J connectivity index is 1.01. The van der Waals surface area contributed by atoms with E-state index >= 15 is 0 Å². The normalized spacial score (nSPS) is 21.7. The Hall–Kier alpha value is -2.72. The quantitative estimate of drug-likeness (QED) is 0.473. The molecule has 1 amide bonds. The molecule has 0 radical (unpaired) electrons. The number of nitrogens with zero attached hydrogens (tertiary/aromatic N) is 5. The zero-order valence-corrected chi connectivity index (χ0v) is 21.3. The number of hydrazone groups is 1. The average molecular weight is 514 g/mol. The second-order valence-electron chi connectivity index (χ2n) is 9.69. The number of carbonyl (C=O) groups is 1. The van der Waals surface area contributed by atoms with Crippen molar-refractivity contribution in [2.75, 3.05) is 37.6 Å². The van der Waals surface area contributed by atoms with Crippen LogP contribution < -0.4 is 9.64 Å². The van der Waals surface area contributed by atoms with Gasteiger partial charge in [-0.3, -0.25) is 4.79 Å². The van der Waals surface area contributed by atoms with Gasteiger partial charge in [0.05, 0.1) is 31.1 Å². The van der Waals surface area contributed by atoms with Crippen molar-refractivity contribution in [2.45, 2.75) is 38.7 Å². The molecule has 10 heteroatoms. The van der Waals surface area contributed by atoms with Gasteiger partial charge in [-0.2, -0.15) is 5.10 Å². The van der Waals surface area contributed by atoms with E-state index in [4.69, 9.17) is 9.47 Å². The van der Waals surface area contributed by atoms with Crippen LogP contribution in [0.1, 0.15) is 36.8 Å². The first-order valence-corrected chi connectivity index (χ1v) is 13.6. The van der Waals surface area contributed by atoms with Crippen LogP contribution in [0.5, 0.6) is 5.75 Å². The van der Waals surface area contributed by atoms with Gasteiger partial charge in [0, 0.05) is 44.2 Å². The summed E-state index contributed by atoms with van der Waals surface area (Å²) in [5, 5.41) is 5.33. The van der Waals surface area contributed by atoms with Crippen LogP contribution in [0.3, 0.4) is 0 Å². The molecule has 2 fully saturated rings. The molecule has 192 valence electrons. The second-order valence-corrected chi connectivity index (χ2v) is 10.5. The van der Waals surface area contributed by atoms with Crippen LogP contribution in [0.2, 0.25) is 0 Å². The summed E-state index contributed by atoms with van der Waals surface area (Å²) in [6.45, 7) is 3.10. The first kappa shape index (κ1) is 25.0. The summed E-state index contributed by atoms with van der Waals surface area (Å²) in [5.74, 6) is 3.38. The highest BCUT2D eigenvalue weighted by Crippen LogP contribution is 2.49. The highest BCUT2D eigenvalue weighted by Gasteiger charge is 2.43. The summed E-state index contributed by atoms with van der Waals surface area (Å²) in [7, 11) is 1.67. The SMILES string of the molecule is COCc1cnc(N2CCC([C@@H]3C[C@@H]3CCOc3ccc(CC(=O)N4CSC=N4)c(F)c3)CC2)nc1. The fourth-order valence-corrected chi connectivity index (χ4v) is 5.77. The van der Waals surface area contributed by atoms with Gasteiger partial charge < -0.3 is 14.4 Å². The third-order valence-electron chi connectivity index (χ3n) is 7.28. The number of amides is 1. The molecule has 1 saturated heterocycles. The van der Waals surface area contributed by atoms with Crippen LogP contribution in [0.15, 0.2) is 35.7 Å². The number of anilines is 1. The number of aromatic nitrogens is 2. The monoisotopic (exact) mass is 513 g/mol. The van der Waals surface area contributed by atoms with Gasteiger partial charge in [0.15, 0.2) is 0 Å². The number of methoxy groups -OCH3 is 1. The summed E-state index contributed by atoms with van der Waals surface area (Å²) < 4.78 is 25.5. The molecule has 3 heterocycles. The minimum Gasteiger partial charge on any atom is -0.493 e. The summed E-state index contributed by atoms with van der Waals surface area (Å²) >= 11 is 1.44. The summed E-state index contributed by atoms with van der Waals surface area (Å²) in [6.07, 6.45) is 8.26. The maximum Gasteiger partial charge on any atom is 0.248 e. The van der Waals surface area contributed by atoms with Crippen LogP contribution >= 0.6 is 11.8 Å². The number of ether oxygens (including phenoxy) is 2. The minimum absolute atomic E-state index is 0.00215. The van der Waals surface area contributed by atoms with Crippen LogP contribution in [0.4, 0.5) is 10.3 Å². The van der Waals surface area contributed by atoms with Gasteiger partial charge in [0.2, 0.25) is 11.9 Å². The Morgan fingerprint density at radius 3 is 2.72 bits per heavy atom. The van der Waals surface area contributed by atoms with Crippen molar-refractivity contribution < 1.29 is 18.7 Å². The third-order valence-corrected chi connectivity index (χ3v) is 7.91. The smallest absolute Gasteiger partial charge is 0.248 e. The first-order valence-electron chi connectivity index (χ1n) is 12.5. The standard InChI is InChI=1S/C26H32FN5O3S/c1-34-15-18-13-28-26(29-14-18)31-7-4-19(5-8-31)23-10-20(23)6-9-35-22-3-2-21(24(27)12-22)11-25(33)32-17-36-16-30-32/h2-3,12-14,16,19-20,23H,4-11,15,17H2,1H3/t20-,23-/m0/s1. The average Bonchev–Trinajstić information content (AvgIpc) is 3.44. The molecule has 1 aliphatic carbocycles. The molecular weight excluding hydrogens is 481 g/mol. The number of piperidine rings is 1. The molecule has 5 rings (SSSR count). The lowest BCUT2D eigenvalue weighted by Crippen LogP contribution is -2.35. The van der Waals surface area contributed by atoms with E-state index in [0.29, 0.717) is 36.3 Å². The van der Waals surface area contributed by atoms with Gasteiger partial charge >= 0.3 is 0 Å². The van der Waals surface area contributed by atoms with Crippen LogP contribution in [-0.4, -0.2) is 59.1 Å². The number of halogens is 1. The third kappa shape index (κ3) is 6.15. The molecule has 1 aromatic heterocycles. The molecule has 8 nitrogen and oxygen atoms in total. The number of benzene rings is 1. The van der Waals surface area contributed by atoms with Crippen molar-refractivity contribution in [3.63, 3.8) is 0 Å². The van der Waals surface area contributed by atoms with E-state index in [1.54, 1.807) is 24.8 Å². The van der Waals surface area contributed by atoms with Crippen molar-refractivity contribution in [1.29, 1.82) is 0 Å². The predicted octanol–water partition coefficient (Wildman–Crippen LogP) is 4.10. The van der Waals surface area contributed by atoms with E-state index in [2.05, 4.69) is 20.0 Å². The molecular formula is C26H32FN5O3S. The fraction of sp³-hybridized carbons (Fsp3) is 0.538. The minimum atomic E-state index is -0.412. The molecule has 1 aromatic carbocycles. The van der Waals surface area contributed by atoms with E-state index in [9.17, 15) is 9.18 Å². The fourth-order valence-electron chi connectivity index (χ4n) is 5.17. The maximum atomic E-state index is 14.5. The topological polar surface area (TPSA) is 80.2 Å². The number of hydrogen-bond donors (Lipinski definition) is 0. The molecule has 0 unspecified atom stereocenters. The Bertz CT molecular complexity index is 1080. The lowest BCUT2D eigenvalue weighted by Gasteiger charge is -2.32. The summed E-state index contributed by atoms with van der Waals surface area (Å²) in [6, 6.07) is 4.77. The molecule has 1 saturated carbocycles. The van der Waals surface area contributed by atoms with Crippen molar-refractivity contribution in [3.8, 4) is 5.75 Å². The van der Waals surface area contributed by atoms with Crippen LogP contribution in [-0.2, 0) is 22.6 Å². The molecule has 0 bridgehead atoms. The molecule has 0 spiro atoms. The van der Waals surface area contributed by atoms with E-state index in [1.165, 1.54) is 29.3 Å². The van der Waals surface area contributed by atoms with Crippen LogP contribution in [0.25, 0.3) is 0 Å². The molecule has 0 N–H and O–H groups in total. The summed E-state index contributed by atoms with van der Waals surface area (Å²) in [4.78, 5) is 23.5. The molecule has 3 aliphatic rings. The van der Waals surface area contributed by atoms with Crippen molar-refractivity contribution in [3.05, 3.63) is 47.5 Å². The lowest BCUT2D eigenvalue weighted by atomic mass is 9.90. The van der Waals surface area contributed by atoms with Gasteiger partial charge in [0.25, 0.3) is 0 Å². The number of carbonyl (C=O) groups excluding carboxylic acids is 1. The number of thioether (sulfide) groups is 1. The highest BCUT2D eigenvalue weighted by molar-refractivity contribution is 8.12. The highest BCUT2D eigenvalue weighted by atomic mass is 32.2. The van der Waals surface area contributed by atoms with E-state index in [1.807, 2.05) is 12.4 Å². The summed E-state index contributed by atoms with van der Waals surface area (Å²) in [5.41, 5.74) is 2.97. The second kappa shape index (κ2) is 11.6. The van der Waals surface area contributed by atoms with Gasteiger partial charge in [-0.1, -0.05) is 17.8 Å². The zero-order chi connectivity index (χ0) is 24.9. The Morgan fingerprint density at radius 2 is 2.03 bits per heavy atom. The first-order chi connectivity index (χ1) is 17.6. The number of rotatable bonds is 10. The van der Waals surface area contributed by atoms with Gasteiger partial charge in [-0.25, -0.2) is 19.4 Å². The molecule has 2 atom stereocenters. The van der Waals surface area contributed by atoms with E-state index in [0.717, 1.165) is 55.7 Å². The molecule has 2 aromatic rings. The Labute approximate surface area is 215 Å². The van der Waals surface area contributed by atoms with E-state index in [-0.39, 0.29) is 12.3 Å². The Morgan fingerprint density at radius 1 is 1.22 bits per heavy atom. The van der Waals surface area contributed by atoms with Crippen molar-refractivity contribution in [2.24, 2.45) is 22.9 Å². The zero-order valence-electron chi connectivity index (χ0n) is 20.5. The molecule has 2 aliphatic heterocycles. The molecule has 36 heavy (non-hydrogen) atoms. The van der Waals surface area contributed by atoms with Gasteiger partial charge in [-0.05, 0) is 55.1 Å². The van der Waals surface area contributed by atoms with Crippen LogP contribution in [0, 0.1) is 23.6 Å². The Kier molecular flexibility index (Phi) is 8.01. The lowest BCUT2D eigenvalue weighted by molar-refractivity contribution is -0.129. The predicted molar refractivity (Wildman–Crippen MR) is 137 cm³/mol. The van der Waals surface area contributed by atoms with E-state index < -0.39 is 5.82 Å². The number of hydrogen-bond acceptors (Lipinski definition) is 8. The maximum absolute atomic E-state index is 14.5. The van der Waals surface area contributed by atoms with Gasteiger partial charge in [-0.15, -0.1) is 0 Å². The van der Waals surface area contributed by atoms with Crippen molar-refractivity contribution >= 4 is 29.2 Å². The largest absolute Gasteiger partial charge is 0.493 e. The van der Waals surface area contributed by atoms with Crippen molar-refractivity contribution in [1.82, 2.24) is 15.0 Å².